The van der Waals surface area contributed by atoms with E-state index < -0.39 is 12.1 Å². The van der Waals surface area contributed by atoms with Crippen LogP contribution in [0, 0.1) is 5.92 Å². The molecule has 24 heavy (non-hydrogen) atoms. The predicted octanol–water partition coefficient (Wildman–Crippen LogP) is 1.91. The first-order valence-corrected chi connectivity index (χ1v) is 7.51. The lowest BCUT2D eigenvalue weighted by molar-refractivity contribution is -0.117. The molecule has 122 valence electrons. The van der Waals surface area contributed by atoms with Gasteiger partial charge in [0.1, 0.15) is 17.8 Å². The molecule has 8 heteroatoms. The first-order chi connectivity index (χ1) is 11.5. The number of nitrogens with one attached hydrogen (secondary N) is 1. The molecule has 1 saturated carbocycles. The van der Waals surface area contributed by atoms with Crippen LogP contribution in [0.15, 0.2) is 30.7 Å². The summed E-state index contributed by atoms with van der Waals surface area (Å²) in [7, 11) is 1.82. The number of anilines is 2. The molecule has 1 amide bonds. The van der Waals surface area contributed by atoms with Crippen LogP contribution in [0.4, 0.5) is 16.0 Å². The van der Waals surface area contributed by atoms with Crippen molar-refractivity contribution in [3.63, 3.8) is 0 Å². The van der Waals surface area contributed by atoms with E-state index in [-0.39, 0.29) is 12.3 Å². The number of alkyl halides is 1. The quantitative estimate of drug-likeness (QED) is 0.766. The average Bonchev–Trinajstić information content (AvgIpc) is 3.12. The number of pyridine rings is 2. The highest BCUT2D eigenvalue weighted by molar-refractivity contribution is 5.98. The fourth-order valence-corrected chi connectivity index (χ4v) is 2.60. The van der Waals surface area contributed by atoms with E-state index in [0.29, 0.717) is 22.7 Å². The van der Waals surface area contributed by atoms with Crippen molar-refractivity contribution >= 4 is 28.3 Å². The standard InChI is InChI=1S/C16H15FN6O/c1-23-7-9(5-20-23)13-2-8-3-14(19-6-11(8)15(18)21-13)22-16(24)10-4-12(10)17/h2-3,5-7,10,12H,4H2,1H3,(H2,18,21)(H,19,22,24)/t10-,12+/m0/s1. The topological polar surface area (TPSA) is 98.7 Å². The Balaban J connectivity index is 1.70. The molecule has 2 atom stereocenters. The molecular formula is C16H15FN6O. The van der Waals surface area contributed by atoms with E-state index in [1.165, 1.54) is 0 Å². The van der Waals surface area contributed by atoms with Crippen LogP contribution in [-0.2, 0) is 11.8 Å². The zero-order chi connectivity index (χ0) is 16.8. The second-order valence-electron chi connectivity index (χ2n) is 5.93. The van der Waals surface area contributed by atoms with Crippen molar-refractivity contribution in [3.8, 4) is 11.3 Å². The molecule has 0 aliphatic heterocycles. The normalized spacial score (nSPS) is 19.4. The number of carbonyl (C=O) groups excluding carboxylic acids is 1. The molecule has 0 saturated heterocycles. The van der Waals surface area contributed by atoms with Crippen LogP contribution in [-0.4, -0.2) is 31.8 Å². The number of nitrogens with two attached hydrogens (primary N) is 1. The number of hydrogen-bond donors (Lipinski definition) is 2. The number of amides is 1. The summed E-state index contributed by atoms with van der Waals surface area (Å²) < 4.78 is 14.6. The van der Waals surface area contributed by atoms with Gasteiger partial charge in [-0.25, -0.2) is 14.4 Å². The Labute approximate surface area is 136 Å². The molecule has 0 spiro atoms. The first-order valence-electron chi connectivity index (χ1n) is 7.51. The van der Waals surface area contributed by atoms with Crippen LogP contribution in [0.3, 0.4) is 0 Å². The van der Waals surface area contributed by atoms with Crippen LogP contribution in [0.25, 0.3) is 22.0 Å². The maximum Gasteiger partial charge on any atom is 0.231 e. The Morgan fingerprint density at radius 1 is 1.42 bits per heavy atom. The minimum Gasteiger partial charge on any atom is -0.383 e. The largest absolute Gasteiger partial charge is 0.383 e. The molecule has 1 aliphatic rings. The molecule has 3 aromatic heterocycles. The number of aromatic nitrogens is 4. The van der Waals surface area contributed by atoms with E-state index in [9.17, 15) is 9.18 Å². The van der Waals surface area contributed by atoms with Crippen LogP contribution in [0.2, 0.25) is 0 Å². The van der Waals surface area contributed by atoms with E-state index in [0.717, 1.165) is 10.9 Å². The number of hydrogen-bond acceptors (Lipinski definition) is 5. The van der Waals surface area contributed by atoms with Gasteiger partial charge in [-0.2, -0.15) is 5.10 Å². The molecule has 1 fully saturated rings. The summed E-state index contributed by atoms with van der Waals surface area (Å²) in [5, 5.41) is 8.25. The smallest absolute Gasteiger partial charge is 0.231 e. The average molecular weight is 326 g/mol. The fourth-order valence-electron chi connectivity index (χ4n) is 2.60. The zero-order valence-electron chi connectivity index (χ0n) is 12.9. The van der Waals surface area contributed by atoms with Crippen molar-refractivity contribution in [3.05, 3.63) is 30.7 Å². The third-order valence-corrected chi connectivity index (χ3v) is 4.05. The van der Waals surface area contributed by atoms with Gasteiger partial charge in [0.25, 0.3) is 0 Å². The molecule has 1 aliphatic carbocycles. The predicted molar refractivity (Wildman–Crippen MR) is 87.8 cm³/mol. The molecule has 0 unspecified atom stereocenters. The van der Waals surface area contributed by atoms with Gasteiger partial charge in [-0.15, -0.1) is 0 Å². The number of carbonyl (C=O) groups is 1. The highest BCUT2D eigenvalue weighted by Crippen LogP contribution is 2.35. The van der Waals surface area contributed by atoms with Gasteiger partial charge in [0.2, 0.25) is 5.91 Å². The summed E-state index contributed by atoms with van der Waals surface area (Å²) in [5.41, 5.74) is 7.54. The zero-order valence-corrected chi connectivity index (χ0v) is 12.9. The Kier molecular flexibility index (Phi) is 3.19. The molecule has 3 heterocycles. The van der Waals surface area contributed by atoms with E-state index in [1.807, 2.05) is 19.3 Å². The first kappa shape index (κ1) is 14.6. The molecule has 0 aromatic carbocycles. The summed E-state index contributed by atoms with van der Waals surface area (Å²) in [6.07, 6.45) is 4.34. The lowest BCUT2D eigenvalue weighted by Gasteiger charge is -2.08. The molecule has 7 nitrogen and oxygen atoms in total. The van der Waals surface area contributed by atoms with E-state index in [2.05, 4.69) is 20.4 Å². The van der Waals surface area contributed by atoms with Crippen LogP contribution in [0.1, 0.15) is 6.42 Å². The van der Waals surface area contributed by atoms with Gasteiger partial charge in [0.05, 0.1) is 17.8 Å². The van der Waals surface area contributed by atoms with Crippen LogP contribution >= 0.6 is 0 Å². The van der Waals surface area contributed by atoms with Gasteiger partial charge in [-0.05, 0) is 23.9 Å². The summed E-state index contributed by atoms with van der Waals surface area (Å²) in [6, 6.07) is 3.57. The lowest BCUT2D eigenvalue weighted by Crippen LogP contribution is -2.15. The summed E-state index contributed by atoms with van der Waals surface area (Å²) in [5.74, 6) is -0.183. The minimum atomic E-state index is -1.04. The van der Waals surface area contributed by atoms with Crippen LogP contribution < -0.4 is 11.1 Å². The van der Waals surface area contributed by atoms with Crippen LogP contribution in [0.5, 0.6) is 0 Å². The van der Waals surface area contributed by atoms with Gasteiger partial charge >= 0.3 is 0 Å². The SMILES string of the molecule is Cn1cc(-c2cc3cc(NC(=O)[C@H]4C[C@H]4F)ncc3c(N)n2)cn1. The Hall–Kier alpha value is -3.03. The molecule has 3 aromatic rings. The van der Waals surface area contributed by atoms with Gasteiger partial charge in [-0.1, -0.05) is 0 Å². The van der Waals surface area contributed by atoms with Crippen molar-refractivity contribution in [1.82, 2.24) is 19.7 Å². The van der Waals surface area contributed by atoms with Crippen molar-refractivity contribution in [2.24, 2.45) is 13.0 Å². The maximum atomic E-state index is 13.0. The Bertz CT molecular complexity index is 953. The second-order valence-corrected chi connectivity index (χ2v) is 5.93. The van der Waals surface area contributed by atoms with Gasteiger partial charge in [-0.3, -0.25) is 9.48 Å². The molecule has 4 rings (SSSR count). The van der Waals surface area contributed by atoms with E-state index in [1.54, 1.807) is 23.1 Å². The summed E-state index contributed by atoms with van der Waals surface area (Å²) in [6.45, 7) is 0. The number of halogens is 1. The molecule has 0 radical (unpaired) electrons. The van der Waals surface area contributed by atoms with Crippen molar-refractivity contribution < 1.29 is 9.18 Å². The van der Waals surface area contributed by atoms with Gasteiger partial charge in [0.15, 0.2) is 0 Å². The Morgan fingerprint density at radius 3 is 2.88 bits per heavy atom. The van der Waals surface area contributed by atoms with Crippen molar-refractivity contribution in [1.29, 1.82) is 0 Å². The number of nitrogens with zero attached hydrogens (tertiary/aromatic N) is 4. The van der Waals surface area contributed by atoms with Gasteiger partial charge < -0.3 is 11.1 Å². The molecule has 3 N–H and O–H groups in total. The van der Waals surface area contributed by atoms with Crippen molar-refractivity contribution in [2.45, 2.75) is 12.6 Å². The van der Waals surface area contributed by atoms with E-state index in [4.69, 9.17) is 5.73 Å². The number of fused-ring (bicyclic) bond motifs is 1. The summed E-state index contributed by atoms with van der Waals surface area (Å²) in [4.78, 5) is 20.4. The monoisotopic (exact) mass is 326 g/mol. The third kappa shape index (κ3) is 2.55. The fraction of sp³-hybridized carbons (Fsp3) is 0.250. The number of nitrogen functional groups attached to an aromatic ring is 1. The summed E-state index contributed by atoms with van der Waals surface area (Å²) >= 11 is 0. The second kappa shape index (κ2) is 5.26. The van der Waals surface area contributed by atoms with Crippen molar-refractivity contribution in [2.75, 3.05) is 11.1 Å². The lowest BCUT2D eigenvalue weighted by atomic mass is 10.1. The highest BCUT2D eigenvalue weighted by atomic mass is 19.1. The third-order valence-electron chi connectivity index (χ3n) is 4.05. The highest BCUT2D eigenvalue weighted by Gasteiger charge is 2.43. The maximum absolute atomic E-state index is 13.0. The van der Waals surface area contributed by atoms with E-state index >= 15 is 0 Å². The number of aryl methyl sites for hydroxylation is 1. The Morgan fingerprint density at radius 2 is 2.21 bits per heavy atom. The number of rotatable bonds is 3. The molecular weight excluding hydrogens is 311 g/mol. The molecule has 0 bridgehead atoms. The van der Waals surface area contributed by atoms with Gasteiger partial charge in [0, 0.05) is 30.4 Å². The minimum absolute atomic E-state index is 0.279.